The summed E-state index contributed by atoms with van der Waals surface area (Å²) in [5.41, 5.74) is 2.07. The fourth-order valence-corrected chi connectivity index (χ4v) is 12.6. The first-order chi connectivity index (χ1) is 35.1. The van der Waals surface area contributed by atoms with Crippen LogP contribution in [0.4, 0.5) is 4.79 Å². The molecule has 6 aliphatic rings. The summed E-state index contributed by atoms with van der Waals surface area (Å²) in [6.45, 7) is 16.6. The van der Waals surface area contributed by atoms with Crippen molar-refractivity contribution in [2.45, 2.75) is 179 Å². The van der Waals surface area contributed by atoms with Gasteiger partial charge >= 0.3 is 6.09 Å². The fourth-order valence-electron chi connectivity index (χ4n) is 12.6. The maximum Gasteiger partial charge on any atom is 0.410 e. The molecule has 8 atom stereocenters. The number of rotatable bonds is 16. The predicted octanol–water partition coefficient (Wildman–Crippen LogP) is 7.30. The average molecular weight is 1010 g/mol. The van der Waals surface area contributed by atoms with E-state index in [2.05, 4.69) is 96.2 Å². The van der Waals surface area contributed by atoms with Gasteiger partial charge < -0.3 is 40.3 Å². The molecule has 2 aromatic carbocycles. The Bertz CT molecular complexity index is 2070. The molecule has 0 radical (unpaired) electrons. The highest BCUT2D eigenvalue weighted by molar-refractivity contribution is 5.92. The summed E-state index contributed by atoms with van der Waals surface area (Å²) in [5, 5.41) is 9.30. The van der Waals surface area contributed by atoms with Gasteiger partial charge in [-0.25, -0.2) is 4.79 Å². The highest BCUT2D eigenvalue weighted by Crippen LogP contribution is 2.37. The van der Waals surface area contributed by atoms with E-state index in [1.165, 1.54) is 35.3 Å². The molecule has 8 rings (SSSR count). The van der Waals surface area contributed by atoms with Crippen molar-refractivity contribution >= 4 is 29.7 Å². The molecule has 14 heteroatoms. The fraction of sp³-hybridized carbons (Fsp3) is 0.712. The molecule has 0 aromatic heterocycles. The lowest BCUT2D eigenvalue weighted by Gasteiger charge is -2.41. The van der Waals surface area contributed by atoms with Gasteiger partial charge in [-0.15, -0.1) is 0 Å². The first kappa shape index (κ1) is 56.2. The van der Waals surface area contributed by atoms with Crippen molar-refractivity contribution < 1.29 is 28.7 Å². The molecule has 0 unspecified atom stereocenters. The van der Waals surface area contributed by atoms with Crippen LogP contribution < -0.4 is 16.0 Å². The molecule has 4 heterocycles. The lowest BCUT2D eigenvalue weighted by atomic mass is 9.83. The van der Waals surface area contributed by atoms with E-state index < -0.39 is 23.8 Å². The quantitative estimate of drug-likeness (QED) is 0.158. The number of likely N-dealkylation sites (N-methyl/N-ethyl adjacent to an activating group) is 2. The van der Waals surface area contributed by atoms with Gasteiger partial charge in [0, 0.05) is 58.4 Å². The van der Waals surface area contributed by atoms with Crippen molar-refractivity contribution in [2.75, 3.05) is 66.5 Å². The van der Waals surface area contributed by atoms with E-state index in [9.17, 15) is 24.0 Å². The van der Waals surface area contributed by atoms with Crippen molar-refractivity contribution in [3.63, 3.8) is 0 Å². The van der Waals surface area contributed by atoms with Gasteiger partial charge in [0.15, 0.2) is 0 Å². The number of ether oxygens (including phenoxy) is 1. The van der Waals surface area contributed by atoms with Gasteiger partial charge in [0.2, 0.25) is 23.6 Å². The lowest BCUT2D eigenvalue weighted by Crippen LogP contribution is -2.59. The molecule has 0 bridgehead atoms. The van der Waals surface area contributed by atoms with Crippen molar-refractivity contribution in [1.29, 1.82) is 0 Å². The average Bonchev–Trinajstić information content (AvgIpc) is 4.04. The smallest absolute Gasteiger partial charge is 0.410 e. The van der Waals surface area contributed by atoms with Gasteiger partial charge in [-0.1, -0.05) is 99.2 Å². The third-order valence-electron chi connectivity index (χ3n) is 17.4. The molecule has 73 heavy (non-hydrogen) atoms. The van der Waals surface area contributed by atoms with Gasteiger partial charge in [0.25, 0.3) is 0 Å². The zero-order valence-corrected chi connectivity index (χ0v) is 45.7. The van der Waals surface area contributed by atoms with E-state index in [-0.39, 0.29) is 59.6 Å². The molecular formula is C59H92N8O6. The number of likely N-dealkylation sites (tertiary alicyclic amines) is 4. The number of piperidine rings is 2. The van der Waals surface area contributed by atoms with Gasteiger partial charge in [0.05, 0.1) is 6.04 Å². The summed E-state index contributed by atoms with van der Waals surface area (Å²) in [7, 11) is 3.37. The number of carbonyl (C=O) groups excluding carboxylic acids is 5. The van der Waals surface area contributed by atoms with Crippen LogP contribution in [-0.2, 0) is 36.8 Å². The first-order valence-electron chi connectivity index (χ1n) is 28.5. The third kappa shape index (κ3) is 15.5. The van der Waals surface area contributed by atoms with Crippen LogP contribution >= 0.6 is 0 Å². The van der Waals surface area contributed by atoms with E-state index >= 15 is 0 Å². The number of benzene rings is 2. The van der Waals surface area contributed by atoms with Gasteiger partial charge in [-0.05, 0) is 154 Å². The van der Waals surface area contributed by atoms with Gasteiger partial charge in [-0.3, -0.25) is 24.1 Å². The van der Waals surface area contributed by atoms with Crippen LogP contribution in [0.2, 0.25) is 0 Å². The second-order valence-corrected chi connectivity index (χ2v) is 23.5. The minimum Gasteiger partial charge on any atom is -0.444 e. The van der Waals surface area contributed by atoms with Crippen molar-refractivity contribution in [2.24, 2.45) is 23.7 Å². The number of carbonyl (C=O) groups is 5. The molecule has 14 nitrogen and oxygen atoms in total. The molecule has 2 aromatic rings. The van der Waals surface area contributed by atoms with Crippen molar-refractivity contribution in [1.82, 2.24) is 40.4 Å². The molecule has 2 saturated carbocycles. The molecular weight excluding hydrogens is 917 g/mol. The largest absolute Gasteiger partial charge is 0.444 e. The monoisotopic (exact) mass is 1010 g/mol. The third-order valence-corrected chi connectivity index (χ3v) is 17.4. The van der Waals surface area contributed by atoms with Crippen LogP contribution in [0.25, 0.3) is 0 Å². The molecule has 5 amide bonds. The number of hydrogen-bond acceptors (Lipinski definition) is 9. The first-order valence-corrected chi connectivity index (χ1v) is 28.5. The minimum absolute atomic E-state index is 0.0600. The molecule has 2 aliphatic carbocycles. The molecule has 0 spiro atoms. The topological polar surface area (TPSA) is 147 Å². The number of nitrogens with zero attached hydrogens (tertiary/aromatic N) is 5. The normalized spacial score (nSPS) is 24.7. The Morgan fingerprint density at radius 2 is 1.01 bits per heavy atom. The minimum atomic E-state index is -0.747. The Kier molecular flexibility index (Phi) is 20.6. The van der Waals surface area contributed by atoms with Gasteiger partial charge in [0.1, 0.15) is 23.7 Å². The van der Waals surface area contributed by atoms with Crippen LogP contribution in [-0.4, -0.2) is 163 Å². The summed E-state index contributed by atoms with van der Waals surface area (Å²) in [5.74, 6) is 1.36. The number of hydrogen-bond donors (Lipinski definition) is 3. The molecule has 3 N–H and O–H groups in total. The maximum absolute atomic E-state index is 14.2. The van der Waals surface area contributed by atoms with E-state index in [1.807, 2.05) is 6.92 Å². The Balaban J connectivity index is 0.000000218. The highest BCUT2D eigenvalue weighted by atomic mass is 16.6. The molecule has 6 fully saturated rings. The summed E-state index contributed by atoms with van der Waals surface area (Å²) in [4.78, 5) is 77.5. The standard InChI is InChI=1S/C32H50N4O4.C27H42N4O2/c1-23(34(5)31(39)40-32(2,3)4)29(37)33-28(26-14-10-7-11-15-26)30(38)36-21-18-25-17-20-35(22-27(25)36)19-16-24-12-8-6-9-13-24;1-20(28-2)26(32)29-25(23-11-7-4-8-12-23)27(33)31-18-15-22-14-17-30(19-24(22)31)16-13-21-9-5-3-6-10-21/h6,8-9,12-13,23,25-28H,7,10-11,14-22H2,1-5H3,(H,33,37);3,5-6,9-10,20,22-25,28H,4,7-8,11-19H2,1-2H3,(H,29,32)/t23-,25+,27+,28-;20-,22+,24+,25-/m00/s1. The summed E-state index contributed by atoms with van der Waals surface area (Å²) in [6, 6.07) is 19.8. The van der Waals surface area contributed by atoms with Crippen LogP contribution in [0.3, 0.4) is 0 Å². The zero-order chi connectivity index (χ0) is 52.1. The van der Waals surface area contributed by atoms with Crippen LogP contribution in [0.1, 0.15) is 136 Å². The second-order valence-electron chi connectivity index (χ2n) is 23.5. The number of fused-ring (bicyclic) bond motifs is 2. The van der Waals surface area contributed by atoms with Crippen molar-refractivity contribution in [3.05, 3.63) is 71.8 Å². The Hall–Kier alpha value is -4.53. The summed E-state index contributed by atoms with van der Waals surface area (Å²) in [6.07, 6.45) is 16.8. The van der Waals surface area contributed by atoms with Gasteiger partial charge in [-0.2, -0.15) is 0 Å². The van der Waals surface area contributed by atoms with Crippen LogP contribution in [0.5, 0.6) is 0 Å². The van der Waals surface area contributed by atoms with E-state index in [0.29, 0.717) is 11.8 Å². The second kappa shape index (κ2) is 26.8. The number of amides is 5. The molecule has 4 saturated heterocycles. The number of nitrogens with one attached hydrogen (secondary N) is 3. The summed E-state index contributed by atoms with van der Waals surface area (Å²) < 4.78 is 5.47. The molecule has 404 valence electrons. The van der Waals surface area contributed by atoms with Crippen molar-refractivity contribution in [3.8, 4) is 0 Å². The Labute approximate surface area is 438 Å². The zero-order valence-electron chi connectivity index (χ0n) is 45.7. The van der Waals surface area contributed by atoms with E-state index in [4.69, 9.17) is 4.74 Å². The summed E-state index contributed by atoms with van der Waals surface area (Å²) >= 11 is 0. The predicted molar refractivity (Wildman–Crippen MR) is 289 cm³/mol. The molecule has 4 aliphatic heterocycles. The Morgan fingerprint density at radius 3 is 1.42 bits per heavy atom. The maximum atomic E-state index is 14.2. The van der Waals surface area contributed by atoms with E-state index in [0.717, 1.165) is 136 Å². The lowest BCUT2D eigenvalue weighted by molar-refractivity contribution is -0.141. The van der Waals surface area contributed by atoms with E-state index in [1.54, 1.807) is 41.8 Å². The van der Waals surface area contributed by atoms with Crippen LogP contribution in [0, 0.1) is 23.7 Å². The van der Waals surface area contributed by atoms with Crippen LogP contribution in [0.15, 0.2) is 60.7 Å². The Morgan fingerprint density at radius 1 is 0.603 bits per heavy atom. The SMILES string of the molecule is CN[C@@H](C)C(=O)N[C@H](C(=O)N1CC[C@H]2CCN(CCc3ccccc3)C[C@H]21)C1CCCCC1.C[C@@H](C(=O)N[C@H](C(=O)N1CC[C@H]2CCN(CCc3ccccc3)C[C@H]21)C1CCCCC1)N(C)C(=O)OC(C)(C)C. The highest BCUT2D eigenvalue weighted by Gasteiger charge is 2.46.